The van der Waals surface area contributed by atoms with Crippen LogP contribution in [0, 0.1) is 18.3 Å². The van der Waals surface area contributed by atoms with E-state index >= 15 is 0 Å². The van der Waals surface area contributed by atoms with Crippen molar-refractivity contribution < 1.29 is 0 Å². The van der Waals surface area contributed by atoms with Crippen molar-refractivity contribution in [2.45, 2.75) is 19.3 Å². The Balaban J connectivity index is 1.88. The molecule has 0 N–H and O–H groups in total. The molecule has 0 aliphatic carbocycles. The summed E-state index contributed by atoms with van der Waals surface area (Å²) < 4.78 is 0. The van der Waals surface area contributed by atoms with Gasteiger partial charge in [0.15, 0.2) is 0 Å². The zero-order chi connectivity index (χ0) is 14.8. The van der Waals surface area contributed by atoms with Gasteiger partial charge in [-0.25, -0.2) is 4.98 Å². The molecule has 0 bridgehead atoms. The van der Waals surface area contributed by atoms with Crippen LogP contribution in [0.25, 0.3) is 0 Å². The highest BCUT2D eigenvalue weighted by atomic mass is 35.5. The van der Waals surface area contributed by atoms with Gasteiger partial charge in [0.25, 0.3) is 0 Å². The normalized spacial score (nSPS) is 17.8. The minimum absolute atomic E-state index is 0.456. The third-order valence-electron chi connectivity index (χ3n) is 4.03. The van der Waals surface area contributed by atoms with Gasteiger partial charge in [-0.3, -0.25) is 4.98 Å². The molecular weight excluding hydrogens is 284 g/mol. The first-order valence-corrected chi connectivity index (χ1v) is 7.28. The molecule has 1 aliphatic heterocycles. The lowest BCUT2D eigenvalue weighted by molar-refractivity contribution is 0.772. The van der Waals surface area contributed by atoms with Crippen LogP contribution in [0.4, 0.5) is 5.82 Å². The molecule has 1 unspecified atom stereocenters. The molecule has 1 aliphatic rings. The summed E-state index contributed by atoms with van der Waals surface area (Å²) in [5.74, 6) is 1.20. The highest BCUT2D eigenvalue weighted by molar-refractivity contribution is 6.31. The molecule has 0 spiro atoms. The first-order chi connectivity index (χ1) is 10.2. The van der Waals surface area contributed by atoms with Crippen molar-refractivity contribution in [2.75, 3.05) is 18.0 Å². The molecule has 3 heterocycles. The number of aromatic nitrogens is 2. The zero-order valence-electron chi connectivity index (χ0n) is 11.8. The number of nitriles is 1. The topological polar surface area (TPSA) is 52.8 Å². The first kappa shape index (κ1) is 13.8. The lowest BCUT2D eigenvalue weighted by Gasteiger charge is -2.20. The van der Waals surface area contributed by atoms with Gasteiger partial charge in [0, 0.05) is 37.6 Å². The van der Waals surface area contributed by atoms with Gasteiger partial charge in [-0.1, -0.05) is 11.6 Å². The minimum atomic E-state index is 0.456. The van der Waals surface area contributed by atoms with E-state index in [0.29, 0.717) is 16.5 Å². The summed E-state index contributed by atoms with van der Waals surface area (Å²) in [5.41, 5.74) is 2.67. The maximum atomic E-state index is 9.38. The monoisotopic (exact) mass is 298 g/mol. The van der Waals surface area contributed by atoms with E-state index in [0.717, 1.165) is 30.9 Å². The maximum absolute atomic E-state index is 9.38. The first-order valence-electron chi connectivity index (χ1n) is 6.90. The highest BCUT2D eigenvalue weighted by Crippen LogP contribution is 2.33. The van der Waals surface area contributed by atoms with E-state index < -0.39 is 0 Å². The van der Waals surface area contributed by atoms with Crippen LogP contribution in [-0.4, -0.2) is 23.1 Å². The Bertz CT molecular complexity index is 693. The van der Waals surface area contributed by atoms with Crippen molar-refractivity contribution in [1.29, 1.82) is 5.26 Å². The third-order valence-corrected chi connectivity index (χ3v) is 4.42. The zero-order valence-corrected chi connectivity index (χ0v) is 12.5. The Kier molecular flexibility index (Phi) is 3.76. The molecule has 0 saturated carbocycles. The molecule has 4 nitrogen and oxygen atoms in total. The summed E-state index contributed by atoms with van der Waals surface area (Å²) >= 11 is 6.06. The van der Waals surface area contributed by atoms with Crippen molar-refractivity contribution >= 4 is 17.4 Å². The SMILES string of the molecule is Cc1c(Cl)cnc(N2CCC(c3ccncc3)C2)c1C#N. The van der Waals surface area contributed by atoms with Crippen LogP contribution < -0.4 is 4.90 Å². The second-order valence-electron chi connectivity index (χ2n) is 5.25. The van der Waals surface area contributed by atoms with Crippen LogP contribution in [0.1, 0.15) is 29.0 Å². The summed E-state index contributed by atoms with van der Waals surface area (Å²) in [5, 5.41) is 9.93. The lowest BCUT2D eigenvalue weighted by Crippen LogP contribution is -2.22. The average molecular weight is 299 g/mol. The highest BCUT2D eigenvalue weighted by Gasteiger charge is 2.27. The van der Waals surface area contributed by atoms with Crippen LogP contribution in [0.5, 0.6) is 0 Å². The van der Waals surface area contributed by atoms with Crippen molar-refractivity contribution in [3.63, 3.8) is 0 Å². The Labute approximate surface area is 129 Å². The summed E-state index contributed by atoms with van der Waals surface area (Å²) in [6, 6.07) is 6.35. The predicted molar refractivity (Wildman–Crippen MR) is 82.5 cm³/mol. The number of anilines is 1. The summed E-state index contributed by atoms with van der Waals surface area (Å²) in [7, 11) is 0. The number of halogens is 1. The molecule has 3 rings (SSSR count). The van der Waals surface area contributed by atoms with Gasteiger partial charge in [-0.05, 0) is 36.6 Å². The van der Waals surface area contributed by atoms with E-state index in [1.54, 1.807) is 6.20 Å². The average Bonchev–Trinajstić information content (AvgIpc) is 3.00. The van der Waals surface area contributed by atoms with Crippen LogP contribution in [-0.2, 0) is 0 Å². The van der Waals surface area contributed by atoms with E-state index in [1.807, 2.05) is 19.3 Å². The van der Waals surface area contributed by atoms with E-state index in [1.165, 1.54) is 5.56 Å². The molecule has 2 aromatic heterocycles. The van der Waals surface area contributed by atoms with Crippen molar-refractivity contribution in [2.24, 2.45) is 0 Å². The quantitative estimate of drug-likeness (QED) is 0.853. The lowest BCUT2D eigenvalue weighted by atomic mass is 10.00. The Hall–Kier alpha value is -2.12. The van der Waals surface area contributed by atoms with Crippen molar-refractivity contribution in [1.82, 2.24) is 9.97 Å². The summed E-state index contributed by atoms with van der Waals surface area (Å²) in [6.07, 6.45) is 6.33. The second kappa shape index (κ2) is 5.71. The van der Waals surface area contributed by atoms with Crippen LogP contribution in [0.2, 0.25) is 5.02 Å². The van der Waals surface area contributed by atoms with E-state index in [4.69, 9.17) is 11.6 Å². The molecule has 0 radical (unpaired) electrons. The van der Waals surface area contributed by atoms with E-state index in [2.05, 4.69) is 33.1 Å². The van der Waals surface area contributed by atoms with E-state index in [-0.39, 0.29) is 0 Å². The van der Waals surface area contributed by atoms with Gasteiger partial charge in [-0.15, -0.1) is 0 Å². The smallest absolute Gasteiger partial charge is 0.146 e. The van der Waals surface area contributed by atoms with Gasteiger partial charge in [-0.2, -0.15) is 5.26 Å². The second-order valence-corrected chi connectivity index (χ2v) is 5.66. The molecule has 106 valence electrons. The van der Waals surface area contributed by atoms with Crippen LogP contribution >= 0.6 is 11.6 Å². The van der Waals surface area contributed by atoms with E-state index in [9.17, 15) is 5.26 Å². The molecule has 1 fully saturated rings. The third kappa shape index (κ3) is 2.57. The fraction of sp³-hybridized carbons (Fsp3) is 0.312. The van der Waals surface area contributed by atoms with Crippen molar-refractivity contribution in [3.05, 3.63) is 52.4 Å². The Morgan fingerprint density at radius 1 is 1.38 bits per heavy atom. The maximum Gasteiger partial charge on any atom is 0.146 e. The number of pyridine rings is 2. The fourth-order valence-corrected chi connectivity index (χ4v) is 2.94. The van der Waals surface area contributed by atoms with Crippen LogP contribution in [0.15, 0.2) is 30.7 Å². The Morgan fingerprint density at radius 2 is 2.14 bits per heavy atom. The number of rotatable bonds is 2. The molecule has 5 heteroatoms. The number of hydrogen-bond acceptors (Lipinski definition) is 4. The fourth-order valence-electron chi connectivity index (χ4n) is 2.80. The van der Waals surface area contributed by atoms with Crippen molar-refractivity contribution in [3.8, 4) is 6.07 Å². The minimum Gasteiger partial charge on any atom is -0.355 e. The van der Waals surface area contributed by atoms with Gasteiger partial charge in [0.1, 0.15) is 11.9 Å². The summed E-state index contributed by atoms with van der Waals surface area (Å²) in [6.45, 7) is 3.63. The van der Waals surface area contributed by atoms with Crippen LogP contribution in [0.3, 0.4) is 0 Å². The summed E-state index contributed by atoms with van der Waals surface area (Å²) in [4.78, 5) is 10.6. The number of hydrogen-bond donors (Lipinski definition) is 0. The van der Waals surface area contributed by atoms with Gasteiger partial charge in [0.2, 0.25) is 0 Å². The Morgan fingerprint density at radius 3 is 2.86 bits per heavy atom. The largest absolute Gasteiger partial charge is 0.355 e. The van der Waals surface area contributed by atoms with Gasteiger partial charge >= 0.3 is 0 Å². The molecule has 21 heavy (non-hydrogen) atoms. The molecule has 2 aromatic rings. The van der Waals surface area contributed by atoms with Gasteiger partial charge in [0.05, 0.1) is 10.6 Å². The predicted octanol–water partition coefficient (Wildman–Crippen LogP) is 3.30. The number of nitrogens with zero attached hydrogens (tertiary/aromatic N) is 4. The molecular formula is C16H15ClN4. The van der Waals surface area contributed by atoms with Gasteiger partial charge < -0.3 is 4.90 Å². The standard InChI is InChI=1S/C16H15ClN4/c1-11-14(8-18)16(20-9-15(11)17)21-7-4-13(10-21)12-2-5-19-6-3-12/h2-3,5-6,9,13H,4,7,10H2,1H3. The molecule has 0 amide bonds. The molecule has 1 saturated heterocycles. The molecule has 1 atom stereocenters. The molecule has 0 aromatic carbocycles.